The quantitative estimate of drug-likeness (QED) is 0.182. The van der Waals surface area contributed by atoms with Gasteiger partial charge < -0.3 is 31.1 Å². The maximum absolute atomic E-state index is 13.8. The first-order chi connectivity index (χ1) is 20.4. The Labute approximate surface area is 262 Å². The molecular weight excluding hydrogens is 564 g/mol. The molecule has 0 heterocycles. The van der Waals surface area contributed by atoms with Crippen LogP contribution in [0.15, 0.2) is 30.3 Å². The summed E-state index contributed by atoms with van der Waals surface area (Å²) in [7, 11) is 1.47. The van der Waals surface area contributed by atoms with Crippen LogP contribution >= 0.6 is 0 Å². The Morgan fingerprint density at radius 2 is 1.36 bits per heavy atom. The van der Waals surface area contributed by atoms with E-state index in [9.17, 15) is 29.1 Å². The lowest BCUT2D eigenvalue weighted by atomic mass is 9.97. The van der Waals surface area contributed by atoms with Crippen LogP contribution in [0.2, 0.25) is 0 Å². The van der Waals surface area contributed by atoms with E-state index in [0.29, 0.717) is 6.42 Å². The third kappa shape index (κ3) is 13.0. The van der Waals surface area contributed by atoms with Gasteiger partial charge >= 0.3 is 11.9 Å². The minimum atomic E-state index is -1.20. The van der Waals surface area contributed by atoms with Gasteiger partial charge in [-0.15, -0.1) is 0 Å². The summed E-state index contributed by atoms with van der Waals surface area (Å²) in [6.45, 7) is 14.9. The van der Waals surface area contributed by atoms with Gasteiger partial charge in [0.25, 0.3) is 5.91 Å². The molecule has 0 aliphatic heterocycles. The van der Waals surface area contributed by atoms with Crippen LogP contribution in [0.1, 0.15) is 80.2 Å². The van der Waals surface area contributed by atoms with Crippen molar-refractivity contribution in [3.8, 4) is 0 Å². The van der Waals surface area contributed by atoms with Gasteiger partial charge in [-0.05, 0) is 48.5 Å². The molecule has 0 saturated heterocycles. The van der Waals surface area contributed by atoms with Crippen LogP contribution in [0, 0.1) is 23.7 Å². The smallest absolute Gasteiger partial charge is 0.326 e. The normalized spacial score (nSPS) is 15.0. The summed E-state index contributed by atoms with van der Waals surface area (Å²) < 4.78 is 5.54. The molecule has 0 spiro atoms. The number of hydrogen-bond acceptors (Lipinski definition) is 7. The third-order valence-corrected chi connectivity index (χ3v) is 7.20. The van der Waals surface area contributed by atoms with E-state index in [-0.39, 0.29) is 42.9 Å². The number of likely N-dealkylation sites (N-methyl/N-ethyl adjacent to an activating group) is 1. The number of nitrogens with one attached hydrogen (secondary N) is 2. The number of ether oxygens (including phenoxy) is 1. The van der Waals surface area contributed by atoms with E-state index in [1.54, 1.807) is 38.1 Å². The molecule has 0 aliphatic rings. The van der Waals surface area contributed by atoms with Gasteiger partial charge in [0.2, 0.25) is 11.8 Å². The van der Waals surface area contributed by atoms with Crippen molar-refractivity contribution < 1.29 is 33.8 Å². The van der Waals surface area contributed by atoms with Crippen molar-refractivity contribution in [3.63, 3.8) is 0 Å². The Hall–Kier alpha value is -3.47. The van der Waals surface area contributed by atoms with Crippen LogP contribution in [0.5, 0.6) is 0 Å². The van der Waals surface area contributed by atoms with E-state index < -0.39 is 59.9 Å². The molecule has 11 heteroatoms. The number of esters is 1. The number of nitrogens with two attached hydrogens (primary N) is 1. The van der Waals surface area contributed by atoms with Crippen molar-refractivity contribution in [2.75, 3.05) is 7.05 Å². The number of carboxylic acids is 1. The molecule has 0 bridgehead atoms. The number of aliphatic carboxylic acids is 1. The van der Waals surface area contributed by atoms with Crippen LogP contribution in [-0.2, 0) is 35.1 Å². The second-order valence-corrected chi connectivity index (χ2v) is 13.2. The van der Waals surface area contributed by atoms with Crippen LogP contribution in [0.3, 0.4) is 0 Å². The number of carbonyl (C=O) groups excluding carboxylic acids is 4. The molecule has 0 aromatic heterocycles. The molecule has 3 amide bonds. The first-order valence-electron chi connectivity index (χ1n) is 15.5. The predicted octanol–water partition coefficient (Wildman–Crippen LogP) is 3.14. The zero-order valence-electron chi connectivity index (χ0n) is 27.8. The largest absolute Gasteiger partial charge is 0.480 e. The van der Waals surface area contributed by atoms with Crippen molar-refractivity contribution in [2.24, 2.45) is 29.4 Å². The fourth-order valence-corrected chi connectivity index (χ4v) is 4.81. The van der Waals surface area contributed by atoms with Gasteiger partial charge in [0.1, 0.15) is 24.2 Å². The lowest BCUT2D eigenvalue weighted by molar-refractivity contribution is -0.159. The highest BCUT2D eigenvalue weighted by atomic mass is 16.5. The van der Waals surface area contributed by atoms with Crippen LogP contribution in [-0.4, -0.2) is 77.0 Å². The average Bonchev–Trinajstić information content (AvgIpc) is 2.92. The van der Waals surface area contributed by atoms with Gasteiger partial charge in [-0.3, -0.25) is 19.2 Å². The molecular formula is C33H54N4O7. The molecule has 248 valence electrons. The van der Waals surface area contributed by atoms with Crippen LogP contribution in [0.25, 0.3) is 0 Å². The van der Waals surface area contributed by atoms with Gasteiger partial charge in [-0.1, -0.05) is 85.7 Å². The minimum absolute atomic E-state index is 0.00428. The summed E-state index contributed by atoms with van der Waals surface area (Å²) in [6, 6.07) is 4.85. The molecule has 1 aromatic rings. The number of benzene rings is 1. The number of rotatable bonds is 18. The van der Waals surface area contributed by atoms with E-state index in [1.807, 2.05) is 47.6 Å². The molecule has 1 aromatic carbocycles. The maximum atomic E-state index is 13.8. The number of nitrogens with zero attached hydrogens (tertiary/aromatic N) is 1. The highest BCUT2D eigenvalue weighted by Crippen LogP contribution is 2.17. The summed E-state index contributed by atoms with van der Waals surface area (Å²) in [4.78, 5) is 66.7. The Morgan fingerprint density at radius 1 is 0.818 bits per heavy atom. The molecule has 44 heavy (non-hydrogen) atoms. The molecule has 0 aliphatic carbocycles. The number of carbonyl (C=O) groups is 5. The second kappa shape index (κ2) is 18.4. The molecule has 0 unspecified atom stereocenters. The summed E-state index contributed by atoms with van der Waals surface area (Å²) in [5.41, 5.74) is 6.74. The Morgan fingerprint density at radius 3 is 1.84 bits per heavy atom. The van der Waals surface area contributed by atoms with Crippen molar-refractivity contribution in [1.29, 1.82) is 0 Å². The topological polar surface area (TPSA) is 168 Å². The molecule has 0 fully saturated rings. The summed E-state index contributed by atoms with van der Waals surface area (Å²) in [5.74, 6) is -3.82. The number of amides is 3. The van der Waals surface area contributed by atoms with Gasteiger partial charge in [0.05, 0.1) is 0 Å². The van der Waals surface area contributed by atoms with Crippen LogP contribution < -0.4 is 16.4 Å². The fraction of sp³-hybridized carbons (Fsp3) is 0.667. The summed E-state index contributed by atoms with van der Waals surface area (Å²) >= 11 is 0. The summed E-state index contributed by atoms with van der Waals surface area (Å²) in [5, 5.41) is 15.2. The Bertz CT molecular complexity index is 1090. The van der Waals surface area contributed by atoms with E-state index in [1.165, 1.54) is 11.9 Å². The molecule has 5 atom stereocenters. The number of hydrogen-bond donors (Lipinski definition) is 4. The second-order valence-electron chi connectivity index (χ2n) is 13.2. The van der Waals surface area contributed by atoms with E-state index >= 15 is 0 Å². The molecule has 0 radical (unpaired) electrons. The lowest BCUT2D eigenvalue weighted by Crippen LogP contribution is -2.59. The van der Waals surface area contributed by atoms with E-state index in [4.69, 9.17) is 10.5 Å². The molecule has 11 nitrogen and oxygen atoms in total. The van der Waals surface area contributed by atoms with Gasteiger partial charge in [0, 0.05) is 13.5 Å². The standard InChI is InChI=1S/C33H54N4O7/c1-19(2)15-24(34)33(43)44-27(17-21(5)6)30(39)36-28(22(7)8)31(40)37(9)26(16-20(3)4)29(38)35-25(32(41)42)18-23-13-11-10-12-14-23/h10-14,19-22,24-28H,15-18,34H2,1-9H3,(H,35,38)(H,36,39)(H,41,42)/t24-,25-,26-,27-,28-/m0/s1. The SMILES string of the molecule is CC(C)C[C@H](OC(=O)[C@@H](N)CC(C)C)C(=O)N[C@H](C(=O)N(C)[C@@H](CC(C)C)C(=O)N[C@@H](Cc1ccccc1)C(=O)O)C(C)C. The predicted molar refractivity (Wildman–Crippen MR) is 169 cm³/mol. The van der Waals surface area contributed by atoms with Crippen molar-refractivity contribution in [3.05, 3.63) is 35.9 Å². The highest BCUT2D eigenvalue weighted by molar-refractivity contribution is 5.94. The van der Waals surface area contributed by atoms with Gasteiger partial charge in [-0.2, -0.15) is 0 Å². The highest BCUT2D eigenvalue weighted by Gasteiger charge is 2.37. The number of carboxylic acid groups (broad SMARTS) is 1. The van der Waals surface area contributed by atoms with Crippen molar-refractivity contribution in [2.45, 2.75) is 111 Å². The fourth-order valence-electron chi connectivity index (χ4n) is 4.81. The van der Waals surface area contributed by atoms with E-state index in [2.05, 4.69) is 10.6 Å². The van der Waals surface area contributed by atoms with Crippen LogP contribution in [0.4, 0.5) is 0 Å². The third-order valence-electron chi connectivity index (χ3n) is 7.20. The average molecular weight is 619 g/mol. The zero-order chi connectivity index (χ0) is 33.7. The minimum Gasteiger partial charge on any atom is -0.480 e. The summed E-state index contributed by atoms with van der Waals surface area (Å²) in [6.07, 6.45) is -0.164. The van der Waals surface area contributed by atoms with Gasteiger partial charge in [0.15, 0.2) is 6.10 Å². The van der Waals surface area contributed by atoms with Crippen molar-refractivity contribution in [1.82, 2.24) is 15.5 Å². The first-order valence-corrected chi connectivity index (χ1v) is 15.5. The van der Waals surface area contributed by atoms with Gasteiger partial charge in [-0.25, -0.2) is 4.79 Å². The van der Waals surface area contributed by atoms with Crippen molar-refractivity contribution >= 4 is 29.7 Å². The monoisotopic (exact) mass is 618 g/mol. The first kappa shape index (κ1) is 38.6. The Kier molecular flexibility index (Phi) is 16.1. The maximum Gasteiger partial charge on any atom is 0.326 e. The van der Waals surface area contributed by atoms with E-state index in [0.717, 1.165) is 5.56 Å². The molecule has 5 N–H and O–H groups in total. The Balaban J connectivity index is 3.18. The molecule has 1 rings (SSSR count). The lowest BCUT2D eigenvalue weighted by Gasteiger charge is -2.34. The zero-order valence-corrected chi connectivity index (χ0v) is 27.8. The molecule has 0 saturated carbocycles.